The van der Waals surface area contributed by atoms with E-state index in [1.807, 2.05) is 62.9 Å². The van der Waals surface area contributed by atoms with E-state index in [9.17, 15) is 9.59 Å². The predicted octanol–water partition coefficient (Wildman–Crippen LogP) is 5.48. The second-order valence-corrected chi connectivity index (χ2v) is 9.60. The maximum atomic E-state index is 12.9. The molecule has 0 aliphatic carbocycles. The van der Waals surface area contributed by atoms with Gasteiger partial charge in [-0.05, 0) is 63.8 Å². The van der Waals surface area contributed by atoms with Gasteiger partial charge in [0.05, 0.1) is 0 Å². The van der Waals surface area contributed by atoms with E-state index in [4.69, 9.17) is 4.74 Å². The molecule has 0 unspecified atom stereocenters. The molecule has 2 aromatic rings. The molecule has 0 bridgehead atoms. The molecule has 1 aliphatic rings. The van der Waals surface area contributed by atoms with Crippen LogP contribution in [0.3, 0.4) is 0 Å². The molecule has 1 N–H and O–H groups in total. The molecular weight excluding hydrogens is 414 g/mol. The van der Waals surface area contributed by atoms with Gasteiger partial charge in [0.25, 0.3) is 0 Å². The van der Waals surface area contributed by atoms with Crippen molar-refractivity contribution in [3.05, 3.63) is 60.2 Å². The number of benzene rings is 2. The van der Waals surface area contributed by atoms with Gasteiger partial charge in [-0.2, -0.15) is 0 Å². The first-order valence-electron chi connectivity index (χ1n) is 11.9. The summed E-state index contributed by atoms with van der Waals surface area (Å²) in [5.41, 5.74) is 2.23. The first kappa shape index (κ1) is 24.8. The molecule has 1 saturated heterocycles. The first-order valence-corrected chi connectivity index (χ1v) is 11.9. The number of rotatable bonds is 7. The van der Waals surface area contributed by atoms with Crippen molar-refractivity contribution in [3.8, 4) is 0 Å². The third kappa shape index (κ3) is 7.60. The van der Waals surface area contributed by atoms with Crippen LogP contribution < -0.4 is 10.2 Å². The van der Waals surface area contributed by atoms with Gasteiger partial charge in [-0.25, -0.2) is 4.79 Å². The number of nitrogens with one attached hydrogen (secondary N) is 1. The molecule has 1 heterocycles. The number of ether oxygens (including phenoxy) is 1. The Kier molecular flexibility index (Phi) is 8.50. The SMILES string of the molecule is CCC(=O)N(c1cccc(NC(=O)OC(C)(C)C)c1)C1CCN(CCc2ccccc2)CC1. The lowest BCUT2D eigenvalue weighted by molar-refractivity contribution is -0.119. The fourth-order valence-corrected chi connectivity index (χ4v) is 4.22. The minimum Gasteiger partial charge on any atom is -0.444 e. The topological polar surface area (TPSA) is 61.9 Å². The number of carbonyl (C=O) groups is 2. The van der Waals surface area contributed by atoms with Gasteiger partial charge >= 0.3 is 6.09 Å². The summed E-state index contributed by atoms with van der Waals surface area (Å²) in [6.45, 7) is 10.4. The Morgan fingerprint density at radius 1 is 1.06 bits per heavy atom. The number of amides is 2. The standard InChI is InChI=1S/C27H37N3O3/c1-5-25(31)30(24-13-9-12-22(20-24)28-26(32)33-27(2,3)4)23-15-18-29(19-16-23)17-14-21-10-7-6-8-11-21/h6-13,20,23H,5,14-19H2,1-4H3,(H,28,32). The predicted molar refractivity (Wildman–Crippen MR) is 134 cm³/mol. The molecule has 6 nitrogen and oxygen atoms in total. The van der Waals surface area contributed by atoms with Crippen LogP contribution in [-0.4, -0.2) is 48.2 Å². The normalized spacial score (nSPS) is 15.2. The molecule has 0 atom stereocenters. The van der Waals surface area contributed by atoms with Gasteiger partial charge in [0.15, 0.2) is 0 Å². The molecule has 6 heteroatoms. The average molecular weight is 452 g/mol. The Bertz CT molecular complexity index is 916. The maximum Gasteiger partial charge on any atom is 0.412 e. The van der Waals surface area contributed by atoms with Gasteiger partial charge in [0.2, 0.25) is 5.91 Å². The summed E-state index contributed by atoms with van der Waals surface area (Å²) in [4.78, 5) is 29.5. The first-order chi connectivity index (χ1) is 15.7. The van der Waals surface area contributed by atoms with E-state index in [1.165, 1.54) is 5.56 Å². The molecule has 2 amide bonds. The summed E-state index contributed by atoms with van der Waals surface area (Å²) in [6, 6.07) is 18.2. The van der Waals surface area contributed by atoms with Gasteiger partial charge < -0.3 is 14.5 Å². The molecule has 1 aliphatic heterocycles. The summed E-state index contributed by atoms with van der Waals surface area (Å²) in [7, 11) is 0. The van der Waals surface area contributed by atoms with Crippen molar-refractivity contribution in [2.45, 2.75) is 65.0 Å². The van der Waals surface area contributed by atoms with Crippen LogP contribution in [0.25, 0.3) is 0 Å². The van der Waals surface area contributed by atoms with Crippen molar-refractivity contribution < 1.29 is 14.3 Å². The molecule has 0 aromatic heterocycles. The van der Waals surface area contributed by atoms with E-state index >= 15 is 0 Å². The van der Waals surface area contributed by atoms with E-state index in [-0.39, 0.29) is 11.9 Å². The fourth-order valence-electron chi connectivity index (χ4n) is 4.22. The Labute approximate surface area is 197 Å². The van der Waals surface area contributed by atoms with Crippen LogP contribution in [0.4, 0.5) is 16.2 Å². The third-order valence-electron chi connectivity index (χ3n) is 5.82. The van der Waals surface area contributed by atoms with Crippen LogP contribution in [0.5, 0.6) is 0 Å². The molecule has 33 heavy (non-hydrogen) atoms. The summed E-state index contributed by atoms with van der Waals surface area (Å²) in [6.07, 6.45) is 2.85. The zero-order chi connectivity index (χ0) is 23.8. The average Bonchev–Trinajstić information content (AvgIpc) is 2.78. The quantitative estimate of drug-likeness (QED) is 0.605. The highest BCUT2D eigenvalue weighted by atomic mass is 16.6. The van der Waals surface area contributed by atoms with Crippen molar-refractivity contribution in [1.82, 2.24) is 4.90 Å². The van der Waals surface area contributed by atoms with Gasteiger partial charge in [-0.3, -0.25) is 10.1 Å². The molecule has 0 radical (unpaired) electrons. The van der Waals surface area contributed by atoms with Gasteiger partial charge in [0.1, 0.15) is 5.60 Å². The van der Waals surface area contributed by atoms with E-state index < -0.39 is 11.7 Å². The monoisotopic (exact) mass is 451 g/mol. The van der Waals surface area contributed by atoms with E-state index in [2.05, 4.69) is 34.5 Å². The third-order valence-corrected chi connectivity index (χ3v) is 5.82. The fraction of sp³-hybridized carbons (Fsp3) is 0.481. The zero-order valence-electron chi connectivity index (χ0n) is 20.3. The Morgan fingerprint density at radius 3 is 2.39 bits per heavy atom. The Morgan fingerprint density at radius 2 is 1.76 bits per heavy atom. The smallest absolute Gasteiger partial charge is 0.412 e. The molecule has 0 spiro atoms. The number of likely N-dealkylation sites (tertiary alicyclic amines) is 1. The highest BCUT2D eigenvalue weighted by Crippen LogP contribution is 2.27. The highest BCUT2D eigenvalue weighted by molar-refractivity contribution is 5.95. The molecule has 178 valence electrons. The Balaban J connectivity index is 1.63. The van der Waals surface area contributed by atoms with Crippen LogP contribution in [0.1, 0.15) is 52.5 Å². The number of carbonyl (C=O) groups excluding carboxylic acids is 2. The van der Waals surface area contributed by atoms with Crippen LogP contribution in [0, 0.1) is 0 Å². The lowest BCUT2D eigenvalue weighted by Crippen LogP contribution is -2.48. The Hall–Kier alpha value is -2.86. The minimum absolute atomic E-state index is 0.104. The maximum absolute atomic E-state index is 12.9. The second kappa shape index (κ2) is 11.3. The van der Waals surface area contributed by atoms with E-state index in [1.54, 1.807) is 0 Å². The van der Waals surface area contributed by atoms with Gasteiger partial charge in [-0.15, -0.1) is 0 Å². The van der Waals surface area contributed by atoms with Crippen molar-refractivity contribution in [1.29, 1.82) is 0 Å². The molecule has 2 aromatic carbocycles. The molecule has 3 rings (SSSR count). The van der Waals surface area contributed by atoms with E-state index in [0.29, 0.717) is 12.1 Å². The van der Waals surface area contributed by atoms with Crippen LogP contribution in [-0.2, 0) is 16.0 Å². The minimum atomic E-state index is -0.569. The lowest BCUT2D eigenvalue weighted by Gasteiger charge is -2.38. The summed E-state index contributed by atoms with van der Waals surface area (Å²) >= 11 is 0. The van der Waals surface area contributed by atoms with Crippen LogP contribution >= 0.6 is 0 Å². The van der Waals surface area contributed by atoms with Crippen molar-refractivity contribution >= 4 is 23.4 Å². The van der Waals surface area contributed by atoms with Crippen molar-refractivity contribution in [2.75, 3.05) is 29.9 Å². The molecule has 1 fully saturated rings. The van der Waals surface area contributed by atoms with Gasteiger partial charge in [0, 0.05) is 43.5 Å². The summed E-state index contributed by atoms with van der Waals surface area (Å²) in [5, 5.41) is 2.79. The number of hydrogen-bond acceptors (Lipinski definition) is 4. The highest BCUT2D eigenvalue weighted by Gasteiger charge is 2.28. The van der Waals surface area contributed by atoms with Crippen LogP contribution in [0.15, 0.2) is 54.6 Å². The summed E-state index contributed by atoms with van der Waals surface area (Å²) in [5.74, 6) is 0.104. The largest absolute Gasteiger partial charge is 0.444 e. The molecule has 0 saturated carbocycles. The van der Waals surface area contributed by atoms with Crippen molar-refractivity contribution in [3.63, 3.8) is 0 Å². The number of piperidine rings is 1. The number of hydrogen-bond donors (Lipinski definition) is 1. The molecular formula is C27H37N3O3. The van der Waals surface area contributed by atoms with Gasteiger partial charge in [-0.1, -0.05) is 43.3 Å². The lowest BCUT2D eigenvalue weighted by atomic mass is 10.0. The number of nitrogens with zero attached hydrogens (tertiary/aromatic N) is 2. The van der Waals surface area contributed by atoms with E-state index in [0.717, 1.165) is 44.6 Å². The summed E-state index contributed by atoms with van der Waals surface area (Å²) < 4.78 is 5.36. The number of anilines is 2. The van der Waals surface area contributed by atoms with Crippen molar-refractivity contribution in [2.24, 2.45) is 0 Å². The zero-order valence-corrected chi connectivity index (χ0v) is 20.3. The second-order valence-electron chi connectivity index (χ2n) is 9.60. The van der Waals surface area contributed by atoms with Crippen LogP contribution in [0.2, 0.25) is 0 Å².